The van der Waals surface area contributed by atoms with Gasteiger partial charge in [-0.1, -0.05) is 30.0 Å². The van der Waals surface area contributed by atoms with Crippen LogP contribution < -0.4 is 10.1 Å². The predicted octanol–water partition coefficient (Wildman–Crippen LogP) is 4.61. The monoisotopic (exact) mass is 447 g/mol. The van der Waals surface area contributed by atoms with Crippen LogP contribution in [0.4, 0.5) is 5.69 Å². The van der Waals surface area contributed by atoms with Crippen molar-refractivity contribution in [1.82, 2.24) is 14.8 Å². The molecule has 2 heterocycles. The van der Waals surface area contributed by atoms with Crippen molar-refractivity contribution in [2.45, 2.75) is 5.16 Å². The molecule has 0 spiro atoms. The molecule has 0 aliphatic rings. The number of aromatic nitrogens is 3. The van der Waals surface area contributed by atoms with Crippen molar-refractivity contribution in [3.8, 4) is 28.2 Å². The van der Waals surface area contributed by atoms with Gasteiger partial charge in [0, 0.05) is 5.69 Å². The van der Waals surface area contributed by atoms with E-state index in [1.165, 1.54) is 11.8 Å². The van der Waals surface area contributed by atoms with E-state index in [1.54, 1.807) is 42.7 Å². The van der Waals surface area contributed by atoms with Crippen molar-refractivity contribution in [2.75, 3.05) is 18.2 Å². The number of hydrogen-bond acceptors (Lipinski definition) is 7. The average Bonchev–Trinajstić information content (AvgIpc) is 3.48. The summed E-state index contributed by atoms with van der Waals surface area (Å²) in [5, 5.41) is 23.0. The Hall–Kier alpha value is -3.61. The van der Waals surface area contributed by atoms with Crippen LogP contribution in [0.25, 0.3) is 16.4 Å². The van der Waals surface area contributed by atoms with E-state index in [1.807, 2.05) is 46.3 Å². The zero-order valence-electron chi connectivity index (χ0n) is 16.5. The number of rotatable bonds is 7. The number of nitriles is 1. The summed E-state index contributed by atoms with van der Waals surface area (Å²) in [6, 6.07) is 20.3. The average molecular weight is 448 g/mol. The first-order chi connectivity index (χ1) is 15.2. The van der Waals surface area contributed by atoms with Gasteiger partial charge in [-0.2, -0.15) is 5.26 Å². The molecule has 4 rings (SSSR count). The van der Waals surface area contributed by atoms with E-state index < -0.39 is 0 Å². The van der Waals surface area contributed by atoms with Gasteiger partial charge in [0.25, 0.3) is 0 Å². The second-order valence-corrected chi connectivity index (χ2v) is 8.21. The zero-order chi connectivity index (χ0) is 21.6. The third-order valence-corrected chi connectivity index (χ3v) is 6.13. The van der Waals surface area contributed by atoms with Crippen LogP contribution in [0.2, 0.25) is 0 Å². The molecule has 7 nitrogen and oxygen atoms in total. The van der Waals surface area contributed by atoms with Gasteiger partial charge in [0.15, 0.2) is 11.0 Å². The van der Waals surface area contributed by atoms with Crippen LogP contribution in [0, 0.1) is 11.3 Å². The lowest BCUT2D eigenvalue weighted by Gasteiger charge is -2.13. The predicted molar refractivity (Wildman–Crippen MR) is 122 cm³/mol. The standard InChI is InChI=1S/C22H17N5O2S2/c1-29-18-6-3-2-5-17(18)27-21(19-7-4-12-30-19)25-26-22(27)31-14-20(28)24-16-10-8-15(13-23)9-11-16/h2-12H,14H2,1H3,(H,24,28). The van der Waals surface area contributed by atoms with Crippen LogP contribution in [0.5, 0.6) is 5.75 Å². The highest BCUT2D eigenvalue weighted by Gasteiger charge is 2.20. The molecule has 9 heteroatoms. The fraction of sp³-hybridized carbons (Fsp3) is 0.0909. The Morgan fingerprint density at radius 3 is 2.68 bits per heavy atom. The minimum absolute atomic E-state index is 0.151. The van der Waals surface area contributed by atoms with Gasteiger partial charge in [-0.3, -0.25) is 9.36 Å². The molecule has 0 aliphatic heterocycles. The molecule has 0 bridgehead atoms. The Balaban J connectivity index is 1.58. The summed E-state index contributed by atoms with van der Waals surface area (Å²) in [6.45, 7) is 0. The van der Waals surface area contributed by atoms with E-state index in [-0.39, 0.29) is 11.7 Å². The summed E-state index contributed by atoms with van der Waals surface area (Å²) >= 11 is 2.85. The van der Waals surface area contributed by atoms with Crippen molar-refractivity contribution >= 4 is 34.7 Å². The van der Waals surface area contributed by atoms with Gasteiger partial charge in [-0.25, -0.2) is 0 Å². The van der Waals surface area contributed by atoms with Crippen molar-refractivity contribution in [1.29, 1.82) is 5.26 Å². The van der Waals surface area contributed by atoms with Gasteiger partial charge >= 0.3 is 0 Å². The molecule has 0 atom stereocenters. The van der Waals surface area contributed by atoms with Gasteiger partial charge in [-0.15, -0.1) is 21.5 Å². The molecular weight excluding hydrogens is 430 g/mol. The van der Waals surface area contributed by atoms with E-state index in [9.17, 15) is 4.79 Å². The zero-order valence-corrected chi connectivity index (χ0v) is 18.1. The first-order valence-electron chi connectivity index (χ1n) is 9.25. The molecule has 0 aliphatic carbocycles. The topological polar surface area (TPSA) is 92.8 Å². The van der Waals surface area contributed by atoms with Crippen LogP contribution in [0.3, 0.4) is 0 Å². The molecule has 1 N–H and O–H groups in total. The molecule has 1 amide bonds. The van der Waals surface area contributed by atoms with Gasteiger partial charge in [0.2, 0.25) is 5.91 Å². The van der Waals surface area contributed by atoms with Crippen LogP contribution in [-0.2, 0) is 4.79 Å². The summed E-state index contributed by atoms with van der Waals surface area (Å²) in [6.07, 6.45) is 0. The molecule has 2 aromatic carbocycles. The highest BCUT2D eigenvalue weighted by molar-refractivity contribution is 7.99. The molecule has 31 heavy (non-hydrogen) atoms. The van der Waals surface area contributed by atoms with E-state index in [4.69, 9.17) is 10.00 Å². The first-order valence-corrected chi connectivity index (χ1v) is 11.1. The maximum atomic E-state index is 12.5. The van der Waals surface area contributed by atoms with Gasteiger partial charge in [-0.05, 0) is 47.8 Å². The number of amides is 1. The Morgan fingerprint density at radius 2 is 1.97 bits per heavy atom. The minimum atomic E-state index is -0.179. The van der Waals surface area contributed by atoms with E-state index in [0.29, 0.717) is 28.0 Å². The molecule has 4 aromatic rings. The lowest BCUT2D eigenvalue weighted by molar-refractivity contribution is -0.113. The maximum Gasteiger partial charge on any atom is 0.234 e. The minimum Gasteiger partial charge on any atom is -0.495 e. The Kier molecular flexibility index (Phi) is 6.31. The van der Waals surface area contributed by atoms with E-state index in [2.05, 4.69) is 21.6 Å². The quantitative estimate of drug-likeness (QED) is 0.416. The summed E-state index contributed by atoms with van der Waals surface area (Å²) < 4.78 is 7.44. The summed E-state index contributed by atoms with van der Waals surface area (Å²) in [5.41, 5.74) is 1.97. The smallest absolute Gasteiger partial charge is 0.234 e. The molecule has 154 valence electrons. The number of carbonyl (C=O) groups is 1. The second kappa shape index (κ2) is 9.47. The Labute approximate surface area is 187 Å². The molecule has 0 radical (unpaired) electrons. The number of benzene rings is 2. The number of thioether (sulfide) groups is 1. The number of para-hydroxylation sites is 2. The molecule has 0 saturated heterocycles. The van der Waals surface area contributed by atoms with Crippen LogP contribution in [0.1, 0.15) is 5.56 Å². The number of methoxy groups -OCH3 is 1. The summed E-state index contributed by atoms with van der Waals surface area (Å²) in [5.74, 6) is 1.35. The molecule has 0 unspecified atom stereocenters. The Bertz CT molecular complexity index is 1230. The fourth-order valence-electron chi connectivity index (χ4n) is 2.92. The van der Waals surface area contributed by atoms with E-state index >= 15 is 0 Å². The lowest BCUT2D eigenvalue weighted by Crippen LogP contribution is -2.14. The number of nitrogens with zero attached hydrogens (tertiary/aromatic N) is 4. The third kappa shape index (κ3) is 4.60. The summed E-state index contributed by atoms with van der Waals surface area (Å²) in [7, 11) is 1.62. The van der Waals surface area contributed by atoms with Crippen molar-refractivity contribution < 1.29 is 9.53 Å². The molecule has 2 aromatic heterocycles. The van der Waals surface area contributed by atoms with Crippen LogP contribution >= 0.6 is 23.1 Å². The number of anilines is 1. The SMILES string of the molecule is COc1ccccc1-n1c(SCC(=O)Nc2ccc(C#N)cc2)nnc1-c1cccs1. The highest BCUT2D eigenvalue weighted by Crippen LogP contribution is 2.34. The fourth-order valence-corrected chi connectivity index (χ4v) is 4.36. The van der Waals surface area contributed by atoms with E-state index in [0.717, 1.165) is 10.6 Å². The number of nitrogens with one attached hydrogen (secondary N) is 1. The number of ether oxygens (including phenoxy) is 1. The van der Waals surface area contributed by atoms with Gasteiger partial charge < -0.3 is 10.1 Å². The second-order valence-electron chi connectivity index (χ2n) is 6.32. The molecule has 0 fully saturated rings. The van der Waals surface area contributed by atoms with Crippen molar-refractivity contribution in [2.24, 2.45) is 0 Å². The van der Waals surface area contributed by atoms with Crippen molar-refractivity contribution in [3.63, 3.8) is 0 Å². The third-order valence-electron chi connectivity index (χ3n) is 4.33. The molecule has 0 saturated carbocycles. The summed E-state index contributed by atoms with van der Waals surface area (Å²) in [4.78, 5) is 13.4. The number of hydrogen-bond donors (Lipinski definition) is 1. The lowest BCUT2D eigenvalue weighted by atomic mass is 10.2. The highest BCUT2D eigenvalue weighted by atomic mass is 32.2. The Morgan fingerprint density at radius 1 is 1.16 bits per heavy atom. The maximum absolute atomic E-state index is 12.5. The van der Waals surface area contributed by atoms with Gasteiger partial charge in [0.05, 0.1) is 35.1 Å². The van der Waals surface area contributed by atoms with Crippen LogP contribution in [0.15, 0.2) is 71.2 Å². The molecular formula is C22H17N5O2S2. The van der Waals surface area contributed by atoms with Crippen molar-refractivity contribution in [3.05, 3.63) is 71.6 Å². The largest absolute Gasteiger partial charge is 0.495 e. The first kappa shape index (κ1) is 20.7. The number of carbonyl (C=O) groups excluding carboxylic acids is 1. The number of thiophene rings is 1. The van der Waals surface area contributed by atoms with Gasteiger partial charge in [0.1, 0.15) is 5.75 Å². The normalized spacial score (nSPS) is 10.5. The van der Waals surface area contributed by atoms with Crippen LogP contribution in [-0.4, -0.2) is 33.5 Å².